The predicted molar refractivity (Wildman–Crippen MR) is 126 cm³/mol. The molecule has 0 amide bonds. The third-order valence-corrected chi connectivity index (χ3v) is 7.62. The van der Waals surface area contributed by atoms with Crippen LogP contribution < -0.4 is 16.0 Å². The molecule has 0 saturated carbocycles. The lowest BCUT2D eigenvalue weighted by atomic mass is 10.1. The first-order valence-corrected chi connectivity index (χ1v) is 12.2. The highest BCUT2D eigenvalue weighted by Gasteiger charge is 2.26. The van der Waals surface area contributed by atoms with Crippen molar-refractivity contribution in [1.82, 2.24) is 4.98 Å². The molecule has 3 aromatic rings. The van der Waals surface area contributed by atoms with E-state index in [1.165, 1.54) is 0 Å². The highest BCUT2D eigenvalue weighted by atomic mass is 32.2. The van der Waals surface area contributed by atoms with Gasteiger partial charge in [0, 0.05) is 36.8 Å². The number of nitrogens with one attached hydrogen (secondary N) is 1. The van der Waals surface area contributed by atoms with Crippen molar-refractivity contribution < 1.29 is 13.2 Å². The van der Waals surface area contributed by atoms with E-state index in [1.54, 1.807) is 12.1 Å². The quantitative estimate of drug-likeness (QED) is 0.627. The summed E-state index contributed by atoms with van der Waals surface area (Å²) in [4.78, 5) is 11.6. The Morgan fingerprint density at radius 1 is 1.22 bits per heavy atom. The monoisotopic (exact) mass is 451 g/mol. The molecular formula is C23H25N5O3S. The smallest absolute Gasteiger partial charge is 0.282 e. The maximum Gasteiger partial charge on any atom is 0.282 e. The topological polar surface area (TPSA) is 110 Å². The fourth-order valence-corrected chi connectivity index (χ4v) is 5.66. The van der Waals surface area contributed by atoms with Crippen molar-refractivity contribution in [1.29, 1.82) is 0 Å². The van der Waals surface area contributed by atoms with Crippen molar-refractivity contribution in [3.8, 4) is 0 Å². The van der Waals surface area contributed by atoms with Gasteiger partial charge in [0.25, 0.3) is 6.02 Å². The van der Waals surface area contributed by atoms with Gasteiger partial charge in [0.05, 0.1) is 16.2 Å². The standard InChI is InChI=1S/C23H25N5O3S/c1-15-6-7-19-18(10-15)20(25-12-17-14-31-23(24)26-17)11-22(27-19)28-8-9-32(29,30)21-5-3-2-4-16(21)13-28/h2-7,10-11,17H,8-9,12-14H2,1H3,(H2,24,26)(H,25,27). The number of nitrogens with two attached hydrogens (primary N) is 1. The summed E-state index contributed by atoms with van der Waals surface area (Å²) in [5, 5.41) is 4.49. The lowest BCUT2D eigenvalue weighted by Gasteiger charge is -2.23. The van der Waals surface area contributed by atoms with Crippen molar-refractivity contribution >= 4 is 38.3 Å². The van der Waals surface area contributed by atoms with Gasteiger partial charge >= 0.3 is 0 Å². The molecule has 8 nitrogen and oxygen atoms in total. The molecule has 3 heterocycles. The second-order valence-electron chi connectivity index (χ2n) is 8.21. The van der Waals surface area contributed by atoms with Crippen LogP contribution in [0.5, 0.6) is 0 Å². The molecule has 0 spiro atoms. The van der Waals surface area contributed by atoms with Crippen LogP contribution in [0.15, 0.2) is 58.4 Å². The summed E-state index contributed by atoms with van der Waals surface area (Å²) in [7, 11) is -3.33. The Labute approximate surface area is 187 Å². The number of sulfone groups is 1. The van der Waals surface area contributed by atoms with E-state index in [0.717, 1.165) is 33.5 Å². The number of anilines is 2. The summed E-state index contributed by atoms with van der Waals surface area (Å²) < 4.78 is 30.8. The second kappa shape index (κ2) is 7.98. The van der Waals surface area contributed by atoms with E-state index in [0.29, 0.717) is 31.1 Å². The lowest BCUT2D eigenvalue weighted by molar-refractivity contribution is 0.316. The van der Waals surface area contributed by atoms with Crippen molar-refractivity contribution in [2.45, 2.75) is 24.4 Å². The molecule has 0 radical (unpaired) electrons. The van der Waals surface area contributed by atoms with Gasteiger partial charge in [-0.05, 0) is 30.7 Å². The van der Waals surface area contributed by atoms with E-state index in [-0.39, 0.29) is 17.8 Å². The Bertz CT molecular complexity index is 1320. The van der Waals surface area contributed by atoms with Crippen LogP contribution in [0, 0.1) is 6.92 Å². The zero-order chi connectivity index (χ0) is 22.3. The number of nitrogens with zero attached hydrogens (tertiary/aromatic N) is 3. The number of hydrogen-bond acceptors (Lipinski definition) is 8. The number of aromatic nitrogens is 1. The summed E-state index contributed by atoms with van der Waals surface area (Å²) in [6, 6.07) is 15.5. The van der Waals surface area contributed by atoms with Crippen LogP contribution in [0.25, 0.3) is 10.9 Å². The molecule has 2 aliphatic heterocycles. The Hall–Kier alpha value is -3.33. The molecule has 3 N–H and O–H groups in total. The van der Waals surface area contributed by atoms with E-state index in [4.69, 9.17) is 15.5 Å². The minimum Gasteiger partial charge on any atom is -0.463 e. The normalized spacial score (nSPS) is 19.7. The lowest BCUT2D eigenvalue weighted by Crippen LogP contribution is -2.27. The highest BCUT2D eigenvalue weighted by Crippen LogP contribution is 2.31. The van der Waals surface area contributed by atoms with Crippen molar-refractivity contribution in [3.63, 3.8) is 0 Å². The summed E-state index contributed by atoms with van der Waals surface area (Å²) in [6.07, 6.45) is 0. The van der Waals surface area contributed by atoms with Crippen molar-refractivity contribution in [2.24, 2.45) is 10.7 Å². The molecule has 166 valence electrons. The number of hydrogen-bond donors (Lipinski definition) is 2. The molecule has 0 bridgehead atoms. The first-order chi connectivity index (χ1) is 15.4. The summed E-state index contributed by atoms with van der Waals surface area (Å²) in [6.45, 7) is 3.93. The van der Waals surface area contributed by atoms with Crippen LogP contribution in [0.1, 0.15) is 11.1 Å². The van der Waals surface area contributed by atoms with Crippen LogP contribution >= 0.6 is 0 Å². The van der Waals surface area contributed by atoms with Crippen LogP contribution in [-0.2, 0) is 21.1 Å². The molecule has 0 saturated heterocycles. The van der Waals surface area contributed by atoms with Gasteiger partial charge in [-0.15, -0.1) is 0 Å². The number of benzene rings is 2. The number of pyridine rings is 1. The van der Waals surface area contributed by atoms with Crippen LogP contribution in [0.2, 0.25) is 0 Å². The highest BCUT2D eigenvalue weighted by molar-refractivity contribution is 7.91. The molecule has 5 rings (SSSR count). The second-order valence-corrected chi connectivity index (χ2v) is 10.3. The number of aryl methyl sites for hydroxylation is 1. The largest absolute Gasteiger partial charge is 0.463 e. The maximum atomic E-state index is 12.8. The van der Waals surface area contributed by atoms with Crippen LogP contribution in [0.3, 0.4) is 0 Å². The van der Waals surface area contributed by atoms with E-state index >= 15 is 0 Å². The minimum atomic E-state index is -3.33. The fraction of sp³-hybridized carbons (Fsp3) is 0.304. The molecule has 2 aromatic carbocycles. The Morgan fingerprint density at radius 2 is 2.06 bits per heavy atom. The SMILES string of the molecule is Cc1ccc2nc(N3CCS(=O)(=O)c4ccccc4C3)cc(NCC3COC(N)=N3)c2c1. The number of ether oxygens (including phenoxy) is 1. The van der Waals surface area contributed by atoms with Gasteiger partial charge in [0.1, 0.15) is 18.5 Å². The van der Waals surface area contributed by atoms with E-state index in [9.17, 15) is 8.42 Å². The molecule has 1 atom stereocenters. The summed E-state index contributed by atoms with van der Waals surface area (Å²) in [5.74, 6) is 0.787. The Balaban J connectivity index is 1.52. The van der Waals surface area contributed by atoms with Gasteiger partial charge in [-0.1, -0.05) is 29.8 Å². The number of amidine groups is 1. The van der Waals surface area contributed by atoms with E-state index in [1.807, 2.05) is 42.2 Å². The molecule has 9 heteroatoms. The van der Waals surface area contributed by atoms with Gasteiger partial charge in [-0.3, -0.25) is 0 Å². The first kappa shape index (κ1) is 20.6. The third kappa shape index (κ3) is 3.95. The third-order valence-electron chi connectivity index (χ3n) is 5.84. The van der Waals surface area contributed by atoms with Crippen LogP contribution in [0.4, 0.5) is 11.5 Å². The van der Waals surface area contributed by atoms with Crippen LogP contribution in [-0.4, -0.2) is 50.9 Å². The number of fused-ring (bicyclic) bond motifs is 2. The number of aliphatic imine (C=N–C) groups is 1. The Morgan fingerprint density at radius 3 is 2.88 bits per heavy atom. The minimum absolute atomic E-state index is 0.0494. The zero-order valence-electron chi connectivity index (χ0n) is 17.8. The molecule has 1 aromatic heterocycles. The van der Waals surface area contributed by atoms with Gasteiger partial charge in [-0.25, -0.2) is 18.4 Å². The molecule has 0 aliphatic carbocycles. The van der Waals surface area contributed by atoms with Gasteiger partial charge in [-0.2, -0.15) is 0 Å². The average Bonchev–Trinajstić information content (AvgIpc) is 3.14. The maximum absolute atomic E-state index is 12.8. The number of rotatable bonds is 4. The molecule has 0 fully saturated rings. The zero-order valence-corrected chi connectivity index (χ0v) is 18.6. The van der Waals surface area contributed by atoms with E-state index < -0.39 is 9.84 Å². The van der Waals surface area contributed by atoms with Gasteiger partial charge < -0.3 is 20.7 Å². The van der Waals surface area contributed by atoms with Crippen molar-refractivity contribution in [2.75, 3.05) is 35.7 Å². The van der Waals surface area contributed by atoms with Gasteiger partial charge in [0.15, 0.2) is 9.84 Å². The molecule has 2 aliphatic rings. The Kier molecular flexibility index (Phi) is 5.13. The predicted octanol–water partition coefficient (Wildman–Crippen LogP) is 2.46. The fourth-order valence-electron chi connectivity index (χ4n) is 4.16. The molecule has 1 unspecified atom stereocenters. The molecular weight excluding hydrogens is 426 g/mol. The first-order valence-electron chi connectivity index (χ1n) is 10.6. The van der Waals surface area contributed by atoms with Gasteiger partial charge in [0.2, 0.25) is 0 Å². The van der Waals surface area contributed by atoms with E-state index in [2.05, 4.69) is 16.4 Å². The average molecular weight is 452 g/mol. The summed E-state index contributed by atoms with van der Waals surface area (Å²) >= 11 is 0. The summed E-state index contributed by atoms with van der Waals surface area (Å²) in [5.41, 5.74) is 9.34. The molecule has 32 heavy (non-hydrogen) atoms. The van der Waals surface area contributed by atoms with Crippen molar-refractivity contribution in [3.05, 3.63) is 59.7 Å².